The van der Waals surface area contributed by atoms with Gasteiger partial charge in [-0.25, -0.2) is 14.4 Å². The van der Waals surface area contributed by atoms with E-state index in [-0.39, 0.29) is 23.1 Å². The number of imidazole rings is 1. The molecule has 35 heavy (non-hydrogen) atoms. The van der Waals surface area contributed by atoms with E-state index in [0.29, 0.717) is 18.3 Å². The number of nitriles is 1. The molecule has 2 heterocycles. The fourth-order valence-electron chi connectivity index (χ4n) is 4.06. The van der Waals surface area contributed by atoms with Gasteiger partial charge in [0.25, 0.3) is 5.88 Å². The third-order valence-corrected chi connectivity index (χ3v) is 6.27. The highest BCUT2D eigenvalue weighted by Gasteiger charge is 2.23. The van der Waals surface area contributed by atoms with Gasteiger partial charge in [0.1, 0.15) is 18.2 Å². The summed E-state index contributed by atoms with van der Waals surface area (Å²) in [5.41, 5.74) is 0.719. The molecule has 0 radical (unpaired) electrons. The predicted octanol–water partition coefficient (Wildman–Crippen LogP) is 6.16. The van der Waals surface area contributed by atoms with Crippen LogP contribution in [0.5, 0.6) is 5.88 Å². The Kier molecular flexibility index (Phi) is 7.46. The van der Waals surface area contributed by atoms with Gasteiger partial charge >= 0.3 is 0 Å². The summed E-state index contributed by atoms with van der Waals surface area (Å²) in [5, 5.41) is 9.61. The Balaban J connectivity index is 1.40. The molecule has 4 rings (SSSR count). The molecule has 9 heteroatoms. The normalized spacial score (nSPS) is 16.0. The van der Waals surface area contributed by atoms with Crippen molar-refractivity contribution >= 4 is 17.2 Å². The maximum absolute atomic E-state index is 14.2. The van der Waals surface area contributed by atoms with Crippen LogP contribution in [0.1, 0.15) is 50.3 Å². The van der Waals surface area contributed by atoms with Crippen molar-refractivity contribution in [2.24, 2.45) is 11.3 Å². The van der Waals surface area contributed by atoms with Gasteiger partial charge in [0.2, 0.25) is 5.82 Å². The second kappa shape index (κ2) is 10.5. The van der Waals surface area contributed by atoms with Crippen LogP contribution in [0.2, 0.25) is 5.02 Å². The Labute approximate surface area is 208 Å². The molecule has 0 N–H and O–H groups in total. The molecular weight excluding hydrogens is 472 g/mol. The number of benzene rings is 1. The highest BCUT2D eigenvalue weighted by atomic mass is 35.5. The summed E-state index contributed by atoms with van der Waals surface area (Å²) in [6, 6.07) is 6.56. The largest absolute Gasteiger partial charge is 0.471 e. The van der Waals surface area contributed by atoms with Gasteiger partial charge in [-0.2, -0.15) is 14.6 Å². The molecule has 0 fully saturated rings. The topological polar surface area (TPSA) is 76.6 Å². The van der Waals surface area contributed by atoms with Gasteiger partial charge in [0.15, 0.2) is 5.82 Å². The van der Waals surface area contributed by atoms with E-state index in [1.807, 2.05) is 20.0 Å². The standard InChI is InChI=1S/C26H26ClF2N5O/c1-26(2,15-30)16-34-10-9-31-23(34)11-17-3-5-18(6-4-17)24-32-13-22(29)25(33-24)35-14-19-7-8-20(27)12-21(19)28/h5,7-10,12-13,17H,3-4,6,11,14,16H2,1-2H3. The minimum Gasteiger partial charge on any atom is -0.471 e. The number of rotatable bonds is 8. The van der Waals surface area contributed by atoms with Crippen LogP contribution in [0, 0.1) is 34.3 Å². The average molecular weight is 498 g/mol. The zero-order valence-corrected chi connectivity index (χ0v) is 20.4. The molecule has 1 aliphatic rings. The van der Waals surface area contributed by atoms with E-state index in [0.717, 1.165) is 43.3 Å². The molecule has 0 spiro atoms. The molecule has 0 saturated heterocycles. The van der Waals surface area contributed by atoms with E-state index >= 15 is 0 Å². The van der Waals surface area contributed by atoms with Crippen molar-refractivity contribution in [3.63, 3.8) is 0 Å². The summed E-state index contributed by atoms with van der Waals surface area (Å²) in [7, 11) is 0. The molecule has 3 aromatic rings. The molecule has 1 aliphatic carbocycles. The van der Waals surface area contributed by atoms with Crippen molar-refractivity contribution in [2.45, 2.75) is 52.7 Å². The summed E-state index contributed by atoms with van der Waals surface area (Å²) in [4.78, 5) is 12.9. The quantitative estimate of drug-likeness (QED) is 0.372. The van der Waals surface area contributed by atoms with Crippen LogP contribution in [0.15, 0.2) is 42.9 Å². The lowest BCUT2D eigenvalue weighted by Gasteiger charge is -2.23. The lowest BCUT2D eigenvalue weighted by atomic mass is 9.86. The van der Waals surface area contributed by atoms with Gasteiger partial charge in [-0.05, 0) is 56.7 Å². The van der Waals surface area contributed by atoms with Gasteiger partial charge < -0.3 is 9.30 Å². The first-order valence-corrected chi connectivity index (χ1v) is 11.8. The number of aromatic nitrogens is 4. The summed E-state index contributed by atoms with van der Waals surface area (Å²) in [5.74, 6) is 0.338. The van der Waals surface area contributed by atoms with Crippen molar-refractivity contribution in [3.8, 4) is 11.9 Å². The molecule has 6 nitrogen and oxygen atoms in total. The molecule has 0 bridgehead atoms. The van der Waals surface area contributed by atoms with Crippen molar-refractivity contribution in [2.75, 3.05) is 0 Å². The van der Waals surface area contributed by atoms with Gasteiger partial charge in [-0.15, -0.1) is 0 Å². The number of hydrogen-bond donors (Lipinski definition) is 0. The van der Waals surface area contributed by atoms with E-state index < -0.39 is 17.0 Å². The molecular formula is C26H26ClF2N5O. The van der Waals surface area contributed by atoms with E-state index in [9.17, 15) is 14.0 Å². The highest BCUT2D eigenvalue weighted by molar-refractivity contribution is 6.30. The summed E-state index contributed by atoms with van der Waals surface area (Å²) in [6.45, 7) is 4.25. The number of nitrogens with zero attached hydrogens (tertiary/aromatic N) is 5. The van der Waals surface area contributed by atoms with Crippen molar-refractivity contribution in [3.05, 3.63) is 76.7 Å². The van der Waals surface area contributed by atoms with Crippen molar-refractivity contribution < 1.29 is 13.5 Å². The minimum atomic E-state index is -0.704. The van der Waals surface area contributed by atoms with Crippen LogP contribution in [-0.2, 0) is 19.6 Å². The van der Waals surface area contributed by atoms with Crippen LogP contribution in [0.25, 0.3) is 5.57 Å². The van der Waals surface area contributed by atoms with Crippen LogP contribution >= 0.6 is 11.6 Å². The Hall–Kier alpha value is -3.31. The molecule has 2 aromatic heterocycles. The maximum atomic E-state index is 14.2. The third-order valence-electron chi connectivity index (χ3n) is 6.04. The van der Waals surface area contributed by atoms with Gasteiger partial charge in [0, 0.05) is 35.9 Å². The summed E-state index contributed by atoms with van der Waals surface area (Å²) < 4.78 is 35.8. The smallest absolute Gasteiger partial charge is 0.254 e. The van der Waals surface area contributed by atoms with Crippen molar-refractivity contribution in [1.29, 1.82) is 5.26 Å². The Morgan fingerprint density at radius 1 is 1.26 bits per heavy atom. The predicted molar refractivity (Wildman–Crippen MR) is 128 cm³/mol. The monoisotopic (exact) mass is 497 g/mol. The Bertz CT molecular complexity index is 1280. The minimum absolute atomic E-state index is 0.174. The van der Waals surface area contributed by atoms with Gasteiger partial charge in [0.05, 0.1) is 17.7 Å². The van der Waals surface area contributed by atoms with Crippen LogP contribution in [0.4, 0.5) is 8.78 Å². The fraction of sp³-hybridized carbons (Fsp3) is 0.385. The highest BCUT2D eigenvalue weighted by Crippen LogP contribution is 2.32. The first-order chi connectivity index (χ1) is 16.7. The van der Waals surface area contributed by atoms with E-state index in [1.165, 1.54) is 12.1 Å². The number of allylic oxidation sites excluding steroid dienone is 2. The first kappa shape index (κ1) is 24.8. The first-order valence-electron chi connectivity index (χ1n) is 11.4. The second-order valence-corrected chi connectivity index (χ2v) is 9.85. The van der Waals surface area contributed by atoms with Gasteiger partial charge in [-0.1, -0.05) is 23.7 Å². The molecule has 1 unspecified atom stereocenters. The molecule has 0 aliphatic heterocycles. The van der Waals surface area contributed by atoms with Crippen LogP contribution in [0.3, 0.4) is 0 Å². The second-order valence-electron chi connectivity index (χ2n) is 9.41. The zero-order valence-electron chi connectivity index (χ0n) is 19.6. The summed E-state index contributed by atoms with van der Waals surface area (Å²) in [6.07, 6.45) is 10.1. The van der Waals surface area contributed by atoms with Crippen LogP contribution in [-0.4, -0.2) is 19.5 Å². The molecule has 1 aromatic carbocycles. The Morgan fingerprint density at radius 2 is 2.09 bits per heavy atom. The molecule has 182 valence electrons. The maximum Gasteiger partial charge on any atom is 0.254 e. The average Bonchev–Trinajstić information content (AvgIpc) is 3.25. The Morgan fingerprint density at radius 3 is 2.80 bits per heavy atom. The lowest BCUT2D eigenvalue weighted by molar-refractivity contribution is 0.270. The summed E-state index contributed by atoms with van der Waals surface area (Å²) >= 11 is 5.77. The SMILES string of the molecule is CC(C)(C#N)Cn1ccnc1CC1CC=C(c2ncc(F)c(OCc3ccc(Cl)cc3F)n2)CC1. The van der Waals surface area contributed by atoms with E-state index in [1.54, 1.807) is 12.3 Å². The third kappa shape index (κ3) is 6.23. The molecule has 0 saturated carbocycles. The fourth-order valence-corrected chi connectivity index (χ4v) is 4.22. The number of hydrogen-bond acceptors (Lipinski definition) is 5. The number of halogens is 3. The molecule has 0 amide bonds. The zero-order chi connectivity index (χ0) is 25.0. The lowest BCUT2D eigenvalue weighted by Crippen LogP contribution is -2.20. The van der Waals surface area contributed by atoms with Gasteiger partial charge in [-0.3, -0.25) is 0 Å². The van der Waals surface area contributed by atoms with Crippen LogP contribution < -0.4 is 4.74 Å². The van der Waals surface area contributed by atoms with Crippen molar-refractivity contribution in [1.82, 2.24) is 19.5 Å². The number of ether oxygens (including phenoxy) is 1. The van der Waals surface area contributed by atoms with E-state index in [4.69, 9.17) is 16.3 Å². The molecule has 1 atom stereocenters. The van der Waals surface area contributed by atoms with E-state index in [2.05, 4.69) is 31.7 Å².